The number of aliphatic hydroxyl groups excluding tert-OH is 5. The number of rotatable bonds is 44. The van der Waals surface area contributed by atoms with E-state index in [1.807, 2.05) is 0 Å². The first-order valence-corrected chi connectivity index (χ1v) is 28.2. The Kier molecular flexibility index (Phi) is 41.0. The molecular formula is C55H95O13P. The van der Waals surface area contributed by atoms with Crippen LogP contribution in [0.25, 0.3) is 0 Å². The number of carbonyl (C=O) groups is 2. The molecule has 1 rings (SSSR count). The van der Waals surface area contributed by atoms with Crippen LogP contribution < -0.4 is 0 Å². The molecule has 14 heteroatoms. The zero-order valence-electron chi connectivity index (χ0n) is 42.6. The fourth-order valence-corrected chi connectivity index (χ4v) is 8.75. The summed E-state index contributed by atoms with van der Waals surface area (Å²) in [5, 5.41) is 50.3. The van der Waals surface area contributed by atoms with Gasteiger partial charge in [0.15, 0.2) is 6.10 Å². The van der Waals surface area contributed by atoms with E-state index in [0.717, 1.165) is 116 Å². The van der Waals surface area contributed by atoms with E-state index in [0.29, 0.717) is 12.8 Å². The number of phosphoric acid groups is 1. The third kappa shape index (κ3) is 36.0. The summed E-state index contributed by atoms with van der Waals surface area (Å²) in [5.74, 6) is -1.11. The van der Waals surface area contributed by atoms with E-state index in [-0.39, 0.29) is 12.8 Å². The van der Waals surface area contributed by atoms with Gasteiger partial charge in [-0.05, 0) is 83.5 Å². The Hall–Kier alpha value is -2.71. The van der Waals surface area contributed by atoms with Crippen LogP contribution in [0.4, 0.5) is 0 Å². The molecule has 69 heavy (non-hydrogen) atoms. The minimum atomic E-state index is -5.13. The van der Waals surface area contributed by atoms with E-state index in [1.165, 1.54) is 51.4 Å². The van der Waals surface area contributed by atoms with Crippen LogP contribution in [-0.4, -0.2) is 98.3 Å². The van der Waals surface area contributed by atoms with Gasteiger partial charge in [-0.1, -0.05) is 183 Å². The van der Waals surface area contributed by atoms with Crippen molar-refractivity contribution in [1.82, 2.24) is 0 Å². The van der Waals surface area contributed by atoms with Crippen LogP contribution in [0.1, 0.15) is 206 Å². The number of esters is 2. The van der Waals surface area contributed by atoms with Crippen molar-refractivity contribution < 1.29 is 63.1 Å². The molecule has 0 amide bonds. The fraction of sp³-hybridized carbons (Fsp3) is 0.745. The van der Waals surface area contributed by atoms with Gasteiger partial charge in [0.25, 0.3) is 0 Å². The Morgan fingerprint density at radius 3 is 1.26 bits per heavy atom. The monoisotopic (exact) mass is 995 g/mol. The summed E-state index contributed by atoms with van der Waals surface area (Å²) in [6.45, 7) is 3.17. The minimum Gasteiger partial charge on any atom is -0.462 e. The molecule has 1 fully saturated rings. The van der Waals surface area contributed by atoms with Crippen LogP contribution in [-0.2, 0) is 32.7 Å². The van der Waals surface area contributed by atoms with E-state index >= 15 is 0 Å². The second-order valence-electron chi connectivity index (χ2n) is 18.3. The van der Waals surface area contributed by atoms with Crippen LogP contribution in [0.3, 0.4) is 0 Å². The fourth-order valence-electron chi connectivity index (χ4n) is 7.78. The lowest BCUT2D eigenvalue weighted by atomic mass is 9.85. The highest BCUT2D eigenvalue weighted by Gasteiger charge is 2.51. The molecule has 0 aromatic carbocycles. The molecule has 1 saturated carbocycles. The topological polar surface area (TPSA) is 210 Å². The zero-order chi connectivity index (χ0) is 50.6. The minimum absolute atomic E-state index is 0.0864. The van der Waals surface area contributed by atoms with Gasteiger partial charge in [-0.15, -0.1) is 0 Å². The molecule has 0 saturated heterocycles. The molecule has 6 N–H and O–H groups in total. The summed E-state index contributed by atoms with van der Waals surface area (Å²) >= 11 is 0. The molecule has 6 atom stereocenters. The van der Waals surface area contributed by atoms with E-state index in [9.17, 15) is 44.6 Å². The van der Waals surface area contributed by atoms with E-state index < -0.39 is 75.7 Å². The van der Waals surface area contributed by atoms with E-state index in [2.05, 4.69) is 86.8 Å². The molecule has 0 aromatic heterocycles. The lowest BCUT2D eigenvalue weighted by Crippen LogP contribution is -2.64. The molecule has 0 bridgehead atoms. The summed E-state index contributed by atoms with van der Waals surface area (Å²) < 4.78 is 33.7. The first-order chi connectivity index (χ1) is 33.4. The van der Waals surface area contributed by atoms with Crippen LogP contribution in [0, 0.1) is 0 Å². The predicted molar refractivity (Wildman–Crippen MR) is 276 cm³/mol. The Labute approximate surface area is 416 Å². The van der Waals surface area contributed by atoms with Crippen molar-refractivity contribution in [3.63, 3.8) is 0 Å². The van der Waals surface area contributed by atoms with Gasteiger partial charge in [0, 0.05) is 12.8 Å². The van der Waals surface area contributed by atoms with Crippen LogP contribution in [0.15, 0.2) is 72.9 Å². The summed E-state index contributed by atoms with van der Waals surface area (Å²) in [4.78, 5) is 35.9. The highest BCUT2D eigenvalue weighted by Crippen LogP contribution is 2.47. The summed E-state index contributed by atoms with van der Waals surface area (Å²) in [5.41, 5.74) is 0. The second kappa shape index (κ2) is 44.0. The van der Waals surface area contributed by atoms with Gasteiger partial charge in [-0.25, -0.2) is 4.57 Å². The Balaban J connectivity index is 2.38. The third-order valence-corrected chi connectivity index (χ3v) is 13.0. The molecule has 398 valence electrons. The zero-order valence-corrected chi connectivity index (χ0v) is 43.5. The molecule has 1 aliphatic rings. The van der Waals surface area contributed by atoms with Crippen molar-refractivity contribution >= 4 is 19.8 Å². The first-order valence-electron chi connectivity index (χ1n) is 26.7. The molecular weight excluding hydrogens is 900 g/mol. The molecule has 0 aliphatic heterocycles. The Bertz CT molecular complexity index is 1480. The van der Waals surface area contributed by atoms with E-state index in [1.54, 1.807) is 0 Å². The molecule has 6 unspecified atom stereocenters. The van der Waals surface area contributed by atoms with Gasteiger partial charge < -0.3 is 39.9 Å². The number of hydrogen-bond donors (Lipinski definition) is 6. The van der Waals surface area contributed by atoms with Gasteiger partial charge in [0.2, 0.25) is 0 Å². The van der Waals surface area contributed by atoms with Crippen molar-refractivity contribution in [2.45, 2.75) is 249 Å². The summed E-state index contributed by atoms with van der Waals surface area (Å²) in [6.07, 6.45) is 43.7. The quantitative estimate of drug-likeness (QED) is 0.0145. The highest BCUT2D eigenvalue weighted by molar-refractivity contribution is 7.47. The lowest BCUT2D eigenvalue weighted by Gasteiger charge is -2.41. The number of phosphoric ester groups is 1. The number of carbonyl (C=O) groups excluding carboxylic acids is 2. The average molecular weight is 995 g/mol. The van der Waals surface area contributed by atoms with Crippen molar-refractivity contribution in [3.8, 4) is 0 Å². The molecule has 0 heterocycles. The highest BCUT2D eigenvalue weighted by atomic mass is 31.2. The number of unbranched alkanes of at least 4 members (excludes halogenated alkanes) is 20. The van der Waals surface area contributed by atoms with E-state index in [4.69, 9.17) is 18.5 Å². The van der Waals surface area contributed by atoms with Gasteiger partial charge in [-0.3, -0.25) is 18.6 Å². The number of hydrogen-bond acceptors (Lipinski definition) is 12. The van der Waals surface area contributed by atoms with Crippen LogP contribution in [0.5, 0.6) is 0 Å². The van der Waals surface area contributed by atoms with Gasteiger partial charge in [-0.2, -0.15) is 0 Å². The van der Waals surface area contributed by atoms with Crippen LogP contribution in [0.2, 0.25) is 0 Å². The van der Waals surface area contributed by atoms with Crippen molar-refractivity contribution in [1.29, 1.82) is 0 Å². The molecule has 0 spiro atoms. The SMILES string of the molecule is CC/C=C\C/C=C\C/C=C\C/C=C\CCCCCCCCCCCCC(=O)OC(COC(=O)CCCCCCCCC/C=C\C/C=C\CCCCC)COP(=O)(O)OC1C(O)C(O)C(O)C(O)C1O. The second-order valence-corrected chi connectivity index (χ2v) is 19.8. The Morgan fingerprint density at radius 2 is 0.826 bits per heavy atom. The normalized spacial score (nSPS) is 21.4. The average Bonchev–Trinajstić information content (AvgIpc) is 3.33. The van der Waals surface area contributed by atoms with Gasteiger partial charge >= 0.3 is 19.8 Å². The molecule has 13 nitrogen and oxygen atoms in total. The maximum absolute atomic E-state index is 12.9. The Morgan fingerprint density at radius 1 is 0.464 bits per heavy atom. The number of allylic oxidation sites excluding steroid dienone is 12. The number of aliphatic hydroxyl groups is 5. The van der Waals surface area contributed by atoms with Crippen molar-refractivity contribution in [3.05, 3.63) is 72.9 Å². The number of ether oxygens (including phenoxy) is 2. The largest absolute Gasteiger partial charge is 0.472 e. The standard InChI is InChI=1S/C55H95O13P/c1-3-5-7-9-11-13-15-17-19-21-22-23-24-25-26-28-30-32-34-36-38-40-42-44-49(57)67-47(46-66-69(63,64)68-55-53(61)51(59)50(58)52(60)54(55)62)45-65-48(56)43-41-39-37-35-33-31-29-27-20-18-16-14-12-10-8-6-4-2/h5,7,11-14,17-20,22-23,47,50-55,58-62H,3-4,6,8-10,15-16,21,24-46H2,1-2H3,(H,63,64)/b7-5-,13-11-,14-12-,19-17-,20-18-,23-22-. The summed E-state index contributed by atoms with van der Waals surface area (Å²) in [6, 6.07) is 0. The van der Waals surface area contributed by atoms with Gasteiger partial charge in [0.1, 0.15) is 43.2 Å². The van der Waals surface area contributed by atoms with Crippen molar-refractivity contribution in [2.75, 3.05) is 13.2 Å². The lowest BCUT2D eigenvalue weighted by molar-refractivity contribution is -0.220. The van der Waals surface area contributed by atoms with Crippen LogP contribution >= 0.6 is 7.82 Å². The smallest absolute Gasteiger partial charge is 0.462 e. The van der Waals surface area contributed by atoms with Gasteiger partial charge in [0.05, 0.1) is 6.61 Å². The third-order valence-electron chi connectivity index (χ3n) is 12.0. The first kappa shape index (κ1) is 64.3. The van der Waals surface area contributed by atoms with Crippen molar-refractivity contribution in [2.24, 2.45) is 0 Å². The molecule has 0 radical (unpaired) electrons. The predicted octanol–water partition coefficient (Wildman–Crippen LogP) is 11.8. The maximum Gasteiger partial charge on any atom is 0.472 e. The summed E-state index contributed by atoms with van der Waals surface area (Å²) in [7, 11) is -5.13. The molecule has 1 aliphatic carbocycles. The molecule has 0 aromatic rings. The maximum atomic E-state index is 12.9.